The Hall–Kier alpha value is -3.64. The molecule has 30 heavy (non-hydrogen) atoms. The summed E-state index contributed by atoms with van der Waals surface area (Å²) in [5.74, 6) is 0. The molecule has 6 rings (SSSR count). The van der Waals surface area contributed by atoms with Gasteiger partial charge in [0.15, 0.2) is 0 Å². The van der Waals surface area contributed by atoms with E-state index in [1.165, 1.54) is 44.2 Å². The van der Waals surface area contributed by atoms with Gasteiger partial charge in [0.25, 0.3) is 0 Å². The van der Waals surface area contributed by atoms with Crippen LogP contribution in [0.1, 0.15) is 22.3 Å². The van der Waals surface area contributed by atoms with E-state index in [1.807, 2.05) is 0 Å². The highest BCUT2D eigenvalue weighted by molar-refractivity contribution is 5.94. The zero-order valence-electron chi connectivity index (χ0n) is 16.8. The van der Waals surface area contributed by atoms with Gasteiger partial charge in [0.05, 0.1) is 0 Å². The quantitative estimate of drug-likeness (QED) is 0.298. The lowest BCUT2D eigenvalue weighted by atomic mass is 9.60. The Morgan fingerprint density at radius 3 is 1.80 bits per heavy atom. The molecule has 0 nitrogen and oxygen atoms in total. The van der Waals surface area contributed by atoms with Crippen molar-refractivity contribution in [3.8, 4) is 11.1 Å². The van der Waals surface area contributed by atoms with E-state index in [9.17, 15) is 0 Å². The van der Waals surface area contributed by atoms with E-state index in [4.69, 9.17) is 0 Å². The SMILES string of the molecule is c1ccc(C2(c3ccccc3)Cc3c(ccc4ccccc34)-c3ccccc32)cc1. The Labute approximate surface area is 177 Å². The predicted molar refractivity (Wildman–Crippen MR) is 126 cm³/mol. The highest BCUT2D eigenvalue weighted by Gasteiger charge is 2.42. The molecular formula is C30H22. The molecule has 0 radical (unpaired) electrons. The number of fused-ring (bicyclic) bond motifs is 5. The summed E-state index contributed by atoms with van der Waals surface area (Å²) in [4.78, 5) is 0. The van der Waals surface area contributed by atoms with Crippen molar-refractivity contribution in [1.29, 1.82) is 0 Å². The predicted octanol–water partition coefficient (Wildman–Crippen LogP) is 7.40. The third-order valence-corrected chi connectivity index (χ3v) is 6.69. The third-order valence-electron chi connectivity index (χ3n) is 6.69. The van der Waals surface area contributed by atoms with E-state index < -0.39 is 0 Å². The van der Waals surface area contributed by atoms with Crippen LogP contribution >= 0.6 is 0 Å². The van der Waals surface area contributed by atoms with Crippen molar-refractivity contribution in [1.82, 2.24) is 0 Å². The molecule has 0 heterocycles. The Morgan fingerprint density at radius 2 is 1.07 bits per heavy atom. The molecule has 0 aromatic heterocycles. The molecule has 0 fully saturated rings. The summed E-state index contributed by atoms with van der Waals surface area (Å²) in [5, 5.41) is 2.67. The molecular weight excluding hydrogens is 360 g/mol. The molecule has 0 saturated carbocycles. The molecule has 0 atom stereocenters. The van der Waals surface area contributed by atoms with E-state index in [1.54, 1.807) is 0 Å². The van der Waals surface area contributed by atoms with Gasteiger partial charge >= 0.3 is 0 Å². The normalized spacial score (nSPS) is 14.1. The monoisotopic (exact) mass is 382 g/mol. The van der Waals surface area contributed by atoms with Crippen LogP contribution in [-0.4, -0.2) is 0 Å². The lowest BCUT2D eigenvalue weighted by Crippen LogP contribution is -2.35. The molecule has 5 aromatic carbocycles. The van der Waals surface area contributed by atoms with Crippen LogP contribution < -0.4 is 0 Å². The van der Waals surface area contributed by atoms with E-state index in [0.29, 0.717) is 0 Å². The van der Waals surface area contributed by atoms with Crippen LogP contribution in [0.4, 0.5) is 0 Å². The summed E-state index contributed by atoms with van der Waals surface area (Å²) in [6.45, 7) is 0. The van der Waals surface area contributed by atoms with Gasteiger partial charge in [-0.3, -0.25) is 0 Å². The fourth-order valence-corrected chi connectivity index (χ4v) is 5.36. The minimum absolute atomic E-state index is 0.212. The maximum absolute atomic E-state index is 2.33. The first kappa shape index (κ1) is 17.2. The zero-order chi connectivity index (χ0) is 20.0. The molecule has 0 saturated heterocycles. The van der Waals surface area contributed by atoms with Gasteiger partial charge < -0.3 is 0 Å². The second kappa shape index (κ2) is 6.71. The van der Waals surface area contributed by atoms with E-state index >= 15 is 0 Å². The minimum atomic E-state index is -0.212. The first-order valence-corrected chi connectivity index (χ1v) is 10.6. The lowest BCUT2D eigenvalue weighted by Gasteiger charge is -2.42. The Bertz CT molecular complexity index is 1310. The summed E-state index contributed by atoms with van der Waals surface area (Å²) >= 11 is 0. The maximum atomic E-state index is 2.33. The smallest absolute Gasteiger partial charge is 0.0498 e. The van der Waals surface area contributed by atoms with Crippen LogP contribution in [0, 0.1) is 0 Å². The molecule has 5 aromatic rings. The molecule has 0 aliphatic heterocycles. The highest BCUT2D eigenvalue weighted by Crippen LogP contribution is 2.51. The second-order valence-electron chi connectivity index (χ2n) is 8.17. The van der Waals surface area contributed by atoms with Crippen LogP contribution in [0.3, 0.4) is 0 Å². The van der Waals surface area contributed by atoms with Crippen molar-refractivity contribution in [2.75, 3.05) is 0 Å². The van der Waals surface area contributed by atoms with E-state index in [2.05, 4.69) is 121 Å². The molecule has 0 N–H and O–H groups in total. The molecule has 0 bridgehead atoms. The van der Waals surface area contributed by atoms with E-state index in [-0.39, 0.29) is 5.41 Å². The van der Waals surface area contributed by atoms with Crippen molar-refractivity contribution in [2.45, 2.75) is 11.8 Å². The first-order valence-electron chi connectivity index (χ1n) is 10.6. The summed E-state index contributed by atoms with van der Waals surface area (Å²) in [6, 6.07) is 44.4. The van der Waals surface area contributed by atoms with E-state index in [0.717, 1.165) is 6.42 Å². The van der Waals surface area contributed by atoms with Gasteiger partial charge in [-0.2, -0.15) is 0 Å². The van der Waals surface area contributed by atoms with Gasteiger partial charge in [-0.15, -0.1) is 0 Å². The van der Waals surface area contributed by atoms with Crippen LogP contribution in [0.2, 0.25) is 0 Å². The number of rotatable bonds is 2. The standard InChI is InChI=1S/C30H22/c1-3-12-23(13-4-1)30(24-14-5-2-6-15-24)21-28-25-16-8-7-11-22(25)19-20-26(28)27-17-9-10-18-29(27)30/h1-20H,21H2. The van der Waals surface area contributed by atoms with Crippen LogP contribution in [0.5, 0.6) is 0 Å². The molecule has 1 aliphatic carbocycles. The largest absolute Gasteiger partial charge is 0.0622 e. The lowest BCUT2D eigenvalue weighted by molar-refractivity contribution is 0.609. The van der Waals surface area contributed by atoms with Gasteiger partial charge in [0.1, 0.15) is 0 Å². The number of benzene rings is 5. The van der Waals surface area contributed by atoms with Crippen molar-refractivity contribution in [3.05, 3.63) is 144 Å². The van der Waals surface area contributed by atoms with Crippen LogP contribution in [-0.2, 0) is 11.8 Å². The fraction of sp³-hybridized carbons (Fsp3) is 0.0667. The average Bonchev–Trinajstić information content (AvgIpc) is 2.84. The van der Waals surface area contributed by atoms with Crippen molar-refractivity contribution < 1.29 is 0 Å². The number of hydrogen-bond acceptors (Lipinski definition) is 0. The van der Waals surface area contributed by atoms with Gasteiger partial charge in [-0.05, 0) is 50.6 Å². The molecule has 0 heteroatoms. The summed E-state index contributed by atoms with van der Waals surface area (Å²) in [7, 11) is 0. The Kier molecular flexibility index (Phi) is 3.86. The fourth-order valence-electron chi connectivity index (χ4n) is 5.36. The second-order valence-corrected chi connectivity index (χ2v) is 8.17. The minimum Gasteiger partial charge on any atom is -0.0622 e. The molecule has 0 spiro atoms. The van der Waals surface area contributed by atoms with Gasteiger partial charge in [0.2, 0.25) is 0 Å². The third kappa shape index (κ3) is 2.40. The molecule has 1 aliphatic rings. The Balaban J connectivity index is 1.77. The van der Waals surface area contributed by atoms with Crippen molar-refractivity contribution >= 4 is 10.8 Å². The summed E-state index contributed by atoms with van der Waals surface area (Å²) < 4.78 is 0. The topological polar surface area (TPSA) is 0 Å². The van der Waals surface area contributed by atoms with Crippen LogP contribution in [0.15, 0.2) is 121 Å². The van der Waals surface area contributed by atoms with Gasteiger partial charge in [-0.1, -0.05) is 121 Å². The maximum Gasteiger partial charge on any atom is 0.0498 e. The molecule has 0 amide bonds. The molecule has 142 valence electrons. The average molecular weight is 383 g/mol. The number of hydrogen-bond donors (Lipinski definition) is 0. The van der Waals surface area contributed by atoms with Gasteiger partial charge in [-0.25, -0.2) is 0 Å². The van der Waals surface area contributed by atoms with Crippen molar-refractivity contribution in [2.24, 2.45) is 0 Å². The summed E-state index contributed by atoms with van der Waals surface area (Å²) in [6.07, 6.45) is 0.953. The van der Waals surface area contributed by atoms with Crippen molar-refractivity contribution in [3.63, 3.8) is 0 Å². The Morgan fingerprint density at radius 1 is 0.467 bits per heavy atom. The van der Waals surface area contributed by atoms with Crippen LogP contribution in [0.25, 0.3) is 21.9 Å². The molecule has 0 unspecified atom stereocenters. The van der Waals surface area contributed by atoms with Gasteiger partial charge in [0, 0.05) is 5.41 Å². The zero-order valence-corrected chi connectivity index (χ0v) is 16.8. The first-order chi connectivity index (χ1) is 14.9. The summed E-state index contributed by atoms with van der Waals surface area (Å²) in [5.41, 5.74) is 8.04. The highest BCUT2D eigenvalue weighted by atomic mass is 14.4.